The quantitative estimate of drug-likeness (QED) is 0.350. The highest BCUT2D eigenvalue weighted by atomic mass is 127. The lowest BCUT2D eigenvalue weighted by Crippen LogP contribution is -2.47. The summed E-state index contributed by atoms with van der Waals surface area (Å²) in [7, 11) is 1.76. The zero-order valence-corrected chi connectivity index (χ0v) is 18.0. The van der Waals surface area contributed by atoms with Crippen LogP contribution in [0.1, 0.15) is 39.5 Å². The van der Waals surface area contributed by atoms with E-state index in [0.29, 0.717) is 13.0 Å². The van der Waals surface area contributed by atoms with Gasteiger partial charge >= 0.3 is 0 Å². The van der Waals surface area contributed by atoms with Crippen LogP contribution in [0.2, 0.25) is 0 Å². The van der Waals surface area contributed by atoms with Crippen molar-refractivity contribution in [3.8, 4) is 0 Å². The maximum absolute atomic E-state index is 11.8. The van der Waals surface area contributed by atoms with E-state index in [1.165, 1.54) is 0 Å². The van der Waals surface area contributed by atoms with Crippen LogP contribution in [0.15, 0.2) is 4.99 Å². The van der Waals surface area contributed by atoms with Crippen LogP contribution in [-0.2, 0) is 14.3 Å². The number of amides is 1. The van der Waals surface area contributed by atoms with Crippen molar-refractivity contribution in [3.05, 3.63) is 0 Å². The smallest absolute Gasteiger partial charge is 0.222 e. The molecule has 8 heteroatoms. The largest absolute Gasteiger partial charge is 0.381 e. The van der Waals surface area contributed by atoms with Crippen LogP contribution in [0.4, 0.5) is 0 Å². The number of rotatable bonds is 6. The molecule has 0 spiro atoms. The average molecular weight is 468 g/mol. The molecule has 1 amide bonds. The Bertz CT molecular complexity index is 442. The normalized spacial score (nSPS) is 23.1. The molecule has 2 rings (SSSR count). The van der Waals surface area contributed by atoms with Crippen LogP contribution in [0.3, 0.4) is 0 Å². The molecule has 7 nitrogen and oxygen atoms in total. The molecular weight excluding hydrogens is 435 g/mol. The molecule has 1 unspecified atom stereocenters. The molecule has 1 atom stereocenters. The number of guanidine groups is 1. The third-order valence-corrected chi connectivity index (χ3v) is 4.89. The predicted molar refractivity (Wildman–Crippen MR) is 110 cm³/mol. The first-order valence-corrected chi connectivity index (χ1v) is 9.08. The molecule has 0 saturated carbocycles. The molecule has 25 heavy (non-hydrogen) atoms. The molecule has 0 radical (unpaired) electrons. The summed E-state index contributed by atoms with van der Waals surface area (Å²) in [5.41, 5.74) is -0.222. The van der Waals surface area contributed by atoms with Crippen LogP contribution < -0.4 is 10.6 Å². The van der Waals surface area contributed by atoms with Gasteiger partial charge in [-0.25, -0.2) is 0 Å². The Morgan fingerprint density at radius 1 is 1.36 bits per heavy atom. The van der Waals surface area contributed by atoms with Crippen molar-refractivity contribution in [2.75, 3.05) is 46.5 Å². The number of hydrogen-bond acceptors (Lipinski definition) is 4. The lowest BCUT2D eigenvalue weighted by atomic mass is 9.94. The zero-order valence-electron chi connectivity index (χ0n) is 15.7. The monoisotopic (exact) mass is 468 g/mol. The van der Waals surface area contributed by atoms with E-state index in [9.17, 15) is 4.79 Å². The molecule has 0 aromatic heterocycles. The molecule has 0 aromatic rings. The molecule has 2 saturated heterocycles. The van der Waals surface area contributed by atoms with Gasteiger partial charge in [0.05, 0.1) is 12.1 Å². The second-order valence-corrected chi connectivity index (χ2v) is 6.52. The first kappa shape index (κ1) is 22.4. The molecule has 0 aliphatic carbocycles. The van der Waals surface area contributed by atoms with Gasteiger partial charge in [0.15, 0.2) is 5.96 Å². The highest BCUT2D eigenvalue weighted by molar-refractivity contribution is 14.0. The SMILES string of the molecule is CCNC(=NCC1(OC)CCOCC1)NC1CCN(C(=O)CC)C1.I. The minimum Gasteiger partial charge on any atom is -0.381 e. The number of likely N-dealkylation sites (tertiary alicyclic amines) is 1. The van der Waals surface area contributed by atoms with Gasteiger partial charge in [-0.2, -0.15) is 0 Å². The number of nitrogens with zero attached hydrogens (tertiary/aromatic N) is 2. The van der Waals surface area contributed by atoms with Crippen LogP contribution in [-0.4, -0.2) is 74.9 Å². The lowest BCUT2D eigenvalue weighted by Gasteiger charge is -2.34. The van der Waals surface area contributed by atoms with Crippen molar-refractivity contribution in [1.82, 2.24) is 15.5 Å². The standard InChI is InChI=1S/C17H32N4O3.HI/c1-4-15(22)21-9-6-14(12-21)20-16(18-5-2)19-13-17(23-3)7-10-24-11-8-17;/h14H,4-13H2,1-3H3,(H2,18,19,20);1H. The van der Waals surface area contributed by atoms with E-state index in [1.807, 2.05) is 11.8 Å². The van der Waals surface area contributed by atoms with Gasteiger partial charge < -0.3 is 25.0 Å². The topological polar surface area (TPSA) is 75.2 Å². The van der Waals surface area contributed by atoms with Gasteiger partial charge in [0.2, 0.25) is 5.91 Å². The molecule has 2 N–H and O–H groups in total. The van der Waals surface area contributed by atoms with E-state index in [1.54, 1.807) is 7.11 Å². The van der Waals surface area contributed by atoms with E-state index < -0.39 is 0 Å². The van der Waals surface area contributed by atoms with Crippen LogP contribution in [0, 0.1) is 0 Å². The molecule has 2 heterocycles. The molecule has 0 aromatic carbocycles. The fourth-order valence-electron chi connectivity index (χ4n) is 3.23. The fourth-order valence-corrected chi connectivity index (χ4v) is 3.23. The van der Waals surface area contributed by atoms with Gasteiger partial charge in [0, 0.05) is 65.3 Å². The Kier molecular flexibility index (Phi) is 10.0. The summed E-state index contributed by atoms with van der Waals surface area (Å²) in [6, 6.07) is 0.256. The minimum atomic E-state index is -0.222. The number of carbonyl (C=O) groups is 1. The van der Waals surface area contributed by atoms with Crippen molar-refractivity contribution in [1.29, 1.82) is 0 Å². The van der Waals surface area contributed by atoms with E-state index in [-0.39, 0.29) is 41.5 Å². The fraction of sp³-hybridized carbons (Fsp3) is 0.882. The maximum Gasteiger partial charge on any atom is 0.222 e. The van der Waals surface area contributed by atoms with Gasteiger partial charge in [0.1, 0.15) is 0 Å². The number of ether oxygens (including phenoxy) is 2. The van der Waals surface area contributed by atoms with Crippen molar-refractivity contribution in [2.24, 2.45) is 4.99 Å². The van der Waals surface area contributed by atoms with Crippen molar-refractivity contribution in [3.63, 3.8) is 0 Å². The second kappa shape index (κ2) is 11.2. The van der Waals surface area contributed by atoms with E-state index in [4.69, 9.17) is 14.5 Å². The Hall–Kier alpha value is -0.610. The second-order valence-electron chi connectivity index (χ2n) is 6.52. The Morgan fingerprint density at radius 2 is 2.08 bits per heavy atom. The summed E-state index contributed by atoms with van der Waals surface area (Å²) in [5, 5.41) is 6.76. The summed E-state index contributed by atoms with van der Waals surface area (Å²) >= 11 is 0. The number of nitrogens with one attached hydrogen (secondary N) is 2. The Labute approximate surface area is 168 Å². The molecule has 2 aliphatic heterocycles. The molecule has 0 bridgehead atoms. The summed E-state index contributed by atoms with van der Waals surface area (Å²) in [6.07, 6.45) is 3.27. The average Bonchev–Trinajstić information content (AvgIpc) is 3.08. The maximum atomic E-state index is 11.8. The Balaban J connectivity index is 0.00000312. The highest BCUT2D eigenvalue weighted by Gasteiger charge is 2.32. The first-order valence-electron chi connectivity index (χ1n) is 9.08. The minimum absolute atomic E-state index is 0. The van der Waals surface area contributed by atoms with Gasteiger partial charge in [0.25, 0.3) is 0 Å². The first-order chi connectivity index (χ1) is 11.6. The van der Waals surface area contributed by atoms with Gasteiger partial charge in [-0.05, 0) is 13.3 Å². The van der Waals surface area contributed by atoms with Gasteiger partial charge in [-0.15, -0.1) is 24.0 Å². The van der Waals surface area contributed by atoms with Crippen LogP contribution in [0.25, 0.3) is 0 Å². The molecule has 2 fully saturated rings. The highest BCUT2D eigenvalue weighted by Crippen LogP contribution is 2.24. The number of methoxy groups -OCH3 is 1. The van der Waals surface area contributed by atoms with Gasteiger partial charge in [-0.1, -0.05) is 6.92 Å². The summed E-state index contributed by atoms with van der Waals surface area (Å²) in [4.78, 5) is 18.5. The summed E-state index contributed by atoms with van der Waals surface area (Å²) in [6.45, 7) is 8.41. The van der Waals surface area contributed by atoms with Gasteiger partial charge in [-0.3, -0.25) is 9.79 Å². The number of aliphatic imine (C=N–C) groups is 1. The van der Waals surface area contributed by atoms with E-state index in [0.717, 1.165) is 58.1 Å². The van der Waals surface area contributed by atoms with Crippen molar-refractivity contribution < 1.29 is 14.3 Å². The van der Waals surface area contributed by atoms with Crippen molar-refractivity contribution >= 4 is 35.8 Å². The third kappa shape index (κ3) is 6.56. The summed E-state index contributed by atoms with van der Waals surface area (Å²) in [5.74, 6) is 1.03. The zero-order chi connectivity index (χ0) is 17.4. The van der Waals surface area contributed by atoms with E-state index >= 15 is 0 Å². The van der Waals surface area contributed by atoms with Crippen molar-refractivity contribution in [2.45, 2.75) is 51.2 Å². The Morgan fingerprint density at radius 3 is 2.68 bits per heavy atom. The summed E-state index contributed by atoms with van der Waals surface area (Å²) < 4.78 is 11.2. The molecular formula is C17H33IN4O3. The molecule has 146 valence electrons. The number of hydrogen-bond donors (Lipinski definition) is 2. The number of carbonyl (C=O) groups excluding carboxylic acids is 1. The third-order valence-electron chi connectivity index (χ3n) is 4.89. The lowest BCUT2D eigenvalue weighted by molar-refractivity contribution is -0.129. The van der Waals surface area contributed by atoms with E-state index in [2.05, 4.69) is 17.6 Å². The molecule has 2 aliphatic rings. The number of halogens is 1. The van der Waals surface area contributed by atoms with Crippen LogP contribution in [0.5, 0.6) is 0 Å². The predicted octanol–water partition coefficient (Wildman–Crippen LogP) is 1.37. The van der Waals surface area contributed by atoms with Crippen LogP contribution >= 0.6 is 24.0 Å².